The molecule has 1 aromatic carbocycles. The quantitative estimate of drug-likeness (QED) is 0.716. The van der Waals surface area contributed by atoms with Crippen LogP contribution in [0.3, 0.4) is 0 Å². The summed E-state index contributed by atoms with van der Waals surface area (Å²) in [5.74, 6) is -2.52. The number of benzene rings is 1. The Morgan fingerprint density at radius 1 is 1.27 bits per heavy atom. The van der Waals surface area contributed by atoms with Crippen LogP contribution in [-0.2, 0) is 14.6 Å². The van der Waals surface area contributed by atoms with E-state index in [1.165, 1.54) is 19.9 Å². The molecule has 0 aliphatic heterocycles. The lowest BCUT2D eigenvalue weighted by atomic mass is 10.1. The number of rotatable bonds is 6. The summed E-state index contributed by atoms with van der Waals surface area (Å²) < 4.78 is 67.3. The Morgan fingerprint density at radius 3 is 2.50 bits per heavy atom. The topological polar surface area (TPSA) is 92.7 Å². The van der Waals surface area contributed by atoms with Crippen LogP contribution in [0.4, 0.5) is 18.2 Å². The lowest BCUT2D eigenvalue weighted by molar-refractivity contribution is -0.130. The van der Waals surface area contributed by atoms with E-state index < -0.39 is 44.4 Å². The molecule has 26 heavy (non-hydrogen) atoms. The summed E-state index contributed by atoms with van der Waals surface area (Å²) in [5.41, 5.74) is -1.68. The number of thiophene rings is 1. The van der Waals surface area contributed by atoms with Crippen molar-refractivity contribution in [2.45, 2.75) is 35.2 Å². The highest BCUT2D eigenvalue weighted by molar-refractivity contribution is 7.93. The second-order valence-corrected chi connectivity index (χ2v) is 8.83. The monoisotopic (exact) mass is 409 g/mol. The molecule has 1 heterocycles. The summed E-state index contributed by atoms with van der Waals surface area (Å²) in [5, 5.41) is 12.0. The minimum absolute atomic E-state index is 0.120. The van der Waals surface area contributed by atoms with Crippen LogP contribution in [0.2, 0.25) is 0 Å². The van der Waals surface area contributed by atoms with E-state index in [-0.39, 0.29) is 9.21 Å². The molecule has 0 bridgehead atoms. The van der Waals surface area contributed by atoms with Gasteiger partial charge in [-0.15, -0.1) is 11.3 Å². The molecule has 0 radical (unpaired) electrons. The average Bonchev–Trinajstić information content (AvgIpc) is 2.94. The Morgan fingerprint density at radius 2 is 1.92 bits per heavy atom. The van der Waals surface area contributed by atoms with E-state index in [1.54, 1.807) is 0 Å². The summed E-state index contributed by atoms with van der Waals surface area (Å²) in [7, 11) is -4.30. The van der Waals surface area contributed by atoms with Gasteiger partial charge in [0.1, 0.15) is 26.3 Å². The molecule has 142 valence electrons. The molecular formula is C15H14F3NO5S2. The number of sulfone groups is 1. The number of aliphatic hydroxyl groups is 1. The predicted molar refractivity (Wildman–Crippen MR) is 87.7 cm³/mol. The van der Waals surface area contributed by atoms with Gasteiger partial charge in [-0.1, -0.05) is 0 Å². The summed E-state index contributed by atoms with van der Waals surface area (Å²) in [6, 6.07) is 4.59. The third kappa shape index (κ3) is 4.54. The van der Waals surface area contributed by atoms with Gasteiger partial charge in [-0.2, -0.15) is 8.78 Å². The first kappa shape index (κ1) is 20.2. The zero-order chi connectivity index (χ0) is 19.7. The summed E-state index contributed by atoms with van der Waals surface area (Å²) in [4.78, 5) is 11.1. The molecule has 0 atom stereocenters. The smallest absolute Gasteiger partial charge is 0.387 e. The van der Waals surface area contributed by atoms with Crippen molar-refractivity contribution in [2.24, 2.45) is 0 Å². The lowest BCUT2D eigenvalue weighted by Crippen LogP contribution is -2.36. The highest BCUT2D eigenvalue weighted by Gasteiger charge is 2.28. The number of hydrogen-bond donors (Lipinski definition) is 2. The molecule has 0 saturated carbocycles. The molecule has 6 nitrogen and oxygen atoms in total. The Bertz CT molecular complexity index is 920. The normalized spacial score (nSPS) is 12.3. The van der Waals surface area contributed by atoms with E-state index in [2.05, 4.69) is 10.1 Å². The van der Waals surface area contributed by atoms with Gasteiger partial charge in [0.25, 0.3) is 5.91 Å². The van der Waals surface area contributed by atoms with Crippen LogP contribution in [0.5, 0.6) is 5.75 Å². The third-order valence-electron chi connectivity index (χ3n) is 3.05. The van der Waals surface area contributed by atoms with Crippen molar-refractivity contribution in [2.75, 3.05) is 5.32 Å². The second-order valence-electron chi connectivity index (χ2n) is 5.60. The fourth-order valence-electron chi connectivity index (χ4n) is 1.80. The second kappa shape index (κ2) is 7.25. The van der Waals surface area contributed by atoms with Gasteiger partial charge in [-0.3, -0.25) is 4.79 Å². The van der Waals surface area contributed by atoms with E-state index in [1.807, 2.05) is 0 Å². The van der Waals surface area contributed by atoms with Gasteiger partial charge in [0.2, 0.25) is 9.84 Å². The fourth-order valence-corrected chi connectivity index (χ4v) is 4.49. The lowest BCUT2D eigenvalue weighted by Gasteiger charge is -2.15. The molecule has 0 saturated heterocycles. The highest BCUT2D eigenvalue weighted by atomic mass is 32.2. The average molecular weight is 409 g/mol. The van der Waals surface area contributed by atoms with E-state index in [4.69, 9.17) is 0 Å². The largest absolute Gasteiger partial charge is 0.433 e. The highest BCUT2D eigenvalue weighted by Crippen LogP contribution is 2.36. The third-order valence-corrected chi connectivity index (χ3v) is 6.34. The Hall–Kier alpha value is -2.11. The molecule has 1 amide bonds. The van der Waals surface area contributed by atoms with Gasteiger partial charge < -0.3 is 15.2 Å². The van der Waals surface area contributed by atoms with Crippen LogP contribution in [0.1, 0.15) is 13.8 Å². The number of halogens is 3. The standard InChI is InChI=1S/C15H14F3NO5S2/c1-15(2,21)13(20)19-11-5-6-12(25-11)26(22,23)10-4-3-8(16)7-9(10)24-14(17)18/h3-7,14,21H,1-2H3,(H,19,20). The van der Waals surface area contributed by atoms with Crippen LogP contribution < -0.4 is 10.1 Å². The van der Waals surface area contributed by atoms with Gasteiger partial charge in [0.05, 0.1) is 5.00 Å². The number of carbonyl (C=O) groups is 1. The van der Waals surface area contributed by atoms with Crippen LogP contribution in [0.15, 0.2) is 39.4 Å². The van der Waals surface area contributed by atoms with E-state index in [0.717, 1.165) is 18.2 Å². The van der Waals surface area contributed by atoms with Crippen LogP contribution in [0, 0.1) is 5.82 Å². The summed E-state index contributed by atoms with van der Waals surface area (Å²) in [6.45, 7) is -0.837. The van der Waals surface area contributed by atoms with Crippen molar-refractivity contribution in [1.29, 1.82) is 0 Å². The van der Waals surface area contributed by atoms with Crippen molar-refractivity contribution in [1.82, 2.24) is 0 Å². The molecule has 1 aromatic heterocycles. The molecule has 0 spiro atoms. The van der Waals surface area contributed by atoms with Gasteiger partial charge >= 0.3 is 6.61 Å². The minimum atomic E-state index is -4.30. The molecular weight excluding hydrogens is 395 g/mol. The van der Waals surface area contributed by atoms with Gasteiger partial charge in [-0.25, -0.2) is 12.8 Å². The van der Waals surface area contributed by atoms with Gasteiger partial charge in [0.15, 0.2) is 0 Å². The first-order valence-electron chi connectivity index (χ1n) is 7.04. The Labute approximate surface area is 151 Å². The van der Waals surface area contributed by atoms with Crippen molar-refractivity contribution in [3.63, 3.8) is 0 Å². The van der Waals surface area contributed by atoms with E-state index in [0.29, 0.717) is 17.4 Å². The SMILES string of the molecule is CC(C)(O)C(=O)Nc1ccc(S(=O)(=O)c2ccc(F)cc2OC(F)F)s1. The number of hydrogen-bond acceptors (Lipinski definition) is 6. The molecule has 0 aliphatic rings. The number of alkyl halides is 2. The zero-order valence-electron chi connectivity index (χ0n) is 13.5. The molecule has 2 aromatic rings. The minimum Gasteiger partial charge on any atom is -0.433 e. The van der Waals surface area contributed by atoms with Crippen LogP contribution in [-0.4, -0.2) is 31.6 Å². The van der Waals surface area contributed by atoms with Gasteiger partial charge in [0, 0.05) is 6.07 Å². The maximum Gasteiger partial charge on any atom is 0.387 e. The zero-order valence-corrected chi connectivity index (χ0v) is 15.1. The molecule has 0 unspecified atom stereocenters. The number of amides is 1. The maximum absolute atomic E-state index is 13.3. The first-order chi connectivity index (χ1) is 11.9. The molecule has 11 heteroatoms. The maximum atomic E-state index is 13.3. The first-order valence-corrected chi connectivity index (χ1v) is 9.34. The van der Waals surface area contributed by atoms with Crippen molar-refractivity contribution < 1.29 is 36.2 Å². The number of ether oxygens (including phenoxy) is 1. The van der Waals surface area contributed by atoms with Crippen LogP contribution in [0.25, 0.3) is 0 Å². The number of nitrogens with one attached hydrogen (secondary N) is 1. The number of carbonyl (C=O) groups excluding carboxylic acids is 1. The predicted octanol–water partition coefficient (Wildman–Crippen LogP) is 3.03. The summed E-state index contributed by atoms with van der Waals surface area (Å²) >= 11 is 0.643. The fraction of sp³-hybridized carbons (Fsp3) is 0.267. The molecule has 2 N–H and O–H groups in total. The van der Waals surface area contributed by atoms with Crippen molar-refractivity contribution in [3.05, 3.63) is 36.1 Å². The molecule has 2 rings (SSSR count). The summed E-state index contributed by atoms with van der Waals surface area (Å²) in [6.07, 6.45) is 0. The Kier molecular flexibility index (Phi) is 5.64. The Balaban J connectivity index is 2.39. The van der Waals surface area contributed by atoms with E-state index in [9.17, 15) is 31.5 Å². The van der Waals surface area contributed by atoms with Crippen molar-refractivity contribution in [3.8, 4) is 5.75 Å². The van der Waals surface area contributed by atoms with E-state index >= 15 is 0 Å². The van der Waals surface area contributed by atoms with Gasteiger partial charge in [-0.05, 0) is 38.1 Å². The number of anilines is 1. The van der Waals surface area contributed by atoms with Crippen molar-refractivity contribution >= 4 is 32.1 Å². The molecule has 0 fully saturated rings. The molecule has 0 aliphatic carbocycles. The van der Waals surface area contributed by atoms with Crippen LogP contribution >= 0.6 is 11.3 Å².